The minimum atomic E-state index is -2.44. The molecule has 0 aromatic rings. The van der Waals surface area contributed by atoms with E-state index in [1.807, 2.05) is 38.2 Å². The van der Waals surface area contributed by atoms with Gasteiger partial charge in [0, 0.05) is 52.6 Å². The van der Waals surface area contributed by atoms with Crippen LogP contribution in [0.2, 0.25) is 0 Å². The molecular formula is C55H85NO14. The number of hydrogen-bond acceptors (Lipinski definition) is 14. The van der Waals surface area contributed by atoms with Gasteiger partial charge >= 0.3 is 11.9 Å². The summed E-state index contributed by atoms with van der Waals surface area (Å²) in [6.45, 7) is 18.9. The number of carbonyl (C=O) groups is 5. The monoisotopic (exact) mass is 984 g/mol. The molecule has 3 N–H and O–H groups in total. The van der Waals surface area contributed by atoms with E-state index in [1.165, 1.54) is 26.0 Å². The van der Waals surface area contributed by atoms with Crippen LogP contribution < -0.4 is 0 Å². The third-order valence-electron chi connectivity index (χ3n) is 15.3. The Morgan fingerprint density at radius 2 is 1.60 bits per heavy atom. The van der Waals surface area contributed by atoms with Gasteiger partial charge in [-0.05, 0) is 125 Å². The summed E-state index contributed by atoms with van der Waals surface area (Å²) < 4.78 is 35.5. The number of carbonyl (C=O) groups excluding carboxylic acids is 5. The van der Waals surface area contributed by atoms with E-state index in [9.17, 15) is 39.3 Å². The van der Waals surface area contributed by atoms with Crippen LogP contribution in [0.3, 0.4) is 0 Å². The van der Waals surface area contributed by atoms with Gasteiger partial charge in [-0.25, -0.2) is 9.59 Å². The number of allylic oxidation sites excluding steroid dienone is 6. The molecule has 2 saturated heterocycles. The number of piperidine rings is 1. The van der Waals surface area contributed by atoms with Crippen LogP contribution in [0.4, 0.5) is 0 Å². The molecule has 1 saturated carbocycles. The Labute approximate surface area is 417 Å². The van der Waals surface area contributed by atoms with Crippen molar-refractivity contribution in [3.05, 3.63) is 59.8 Å². The van der Waals surface area contributed by atoms with E-state index >= 15 is 0 Å². The highest BCUT2D eigenvalue weighted by Gasteiger charge is 2.53. The van der Waals surface area contributed by atoms with Crippen LogP contribution >= 0.6 is 0 Å². The molecule has 2 bridgehead atoms. The van der Waals surface area contributed by atoms with E-state index in [0.29, 0.717) is 63.4 Å². The molecule has 0 aromatic carbocycles. The molecule has 0 radical (unpaired) electrons. The number of Topliss-reactive ketones (excluding diaryl/α,β-unsaturated/α-hetero) is 2. The smallest absolute Gasteiger partial charge is 0.335 e. The molecular weight excluding hydrogens is 899 g/mol. The fourth-order valence-electron chi connectivity index (χ4n) is 10.6. The predicted octanol–water partition coefficient (Wildman–Crippen LogP) is 7.10. The number of nitrogens with zero attached hydrogens (tertiary/aromatic N) is 1. The molecule has 1 aliphatic carbocycles. The zero-order chi connectivity index (χ0) is 52.0. The summed E-state index contributed by atoms with van der Waals surface area (Å²) in [5.41, 5.74) is 2.15. The highest BCUT2D eigenvalue weighted by molar-refractivity contribution is 6.39. The topological polar surface area (TPSA) is 205 Å². The van der Waals surface area contributed by atoms with Gasteiger partial charge in [0.05, 0.1) is 18.3 Å². The molecule has 70 heavy (non-hydrogen) atoms. The summed E-state index contributed by atoms with van der Waals surface area (Å²) >= 11 is 0. The number of ether oxygens (including phenoxy) is 6. The number of fused-ring (bicyclic) bond motifs is 3. The summed E-state index contributed by atoms with van der Waals surface area (Å²) in [4.78, 5) is 70.9. The van der Waals surface area contributed by atoms with Gasteiger partial charge in [-0.2, -0.15) is 0 Å². The molecule has 3 fully saturated rings. The summed E-state index contributed by atoms with van der Waals surface area (Å²) in [6.07, 6.45) is 10.8. The van der Waals surface area contributed by atoms with Gasteiger partial charge in [0.15, 0.2) is 0 Å². The zero-order valence-electron chi connectivity index (χ0n) is 43.8. The van der Waals surface area contributed by atoms with E-state index in [0.717, 1.165) is 17.6 Å². The Hall–Kier alpha value is -3.83. The third kappa shape index (κ3) is 15.6. The highest BCUT2D eigenvalue weighted by Crippen LogP contribution is 2.38. The number of amides is 1. The Morgan fingerprint density at radius 3 is 2.26 bits per heavy atom. The first-order valence-corrected chi connectivity index (χ1v) is 25.6. The van der Waals surface area contributed by atoms with Crippen LogP contribution in [-0.4, -0.2) is 138 Å². The number of aliphatic hydroxyl groups excluding tert-OH is 2. The largest absolute Gasteiger partial charge is 0.460 e. The Kier molecular flexibility index (Phi) is 22.9. The van der Waals surface area contributed by atoms with Crippen molar-refractivity contribution in [3.8, 4) is 0 Å². The van der Waals surface area contributed by atoms with Crippen LogP contribution in [0.1, 0.15) is 132 Å². The molecule has 16 atom stereocenters. The lowest BCUT2D eigenvalue weighted by atomic mass is 9.78. The second-order valence-corrected chi connectivity index (χ2v) is 20.8. The van der Waals surface area contributed by atoms with Gasteiger partial charge in [-0.15, -0.1) is 0 Å². The average Bonchev–Trinajstić information content (AvgIpc) is 3.33. The normalized spacial score (nSPS) is 38.7. The molecule has 0 spiro atoms. The summed E-state index contributed by atoms with van der Waals surface area (Å²) in [5.74, 6) is -7.98. The van der Waals surface area contributed by atoms with Crippen molar-refractivity contribution in [2.24, 2.45) is 35.5 Å². The lowest BCUT2D eigenvalue weighted by Crippen LogP contribution is -2.61. The van der Waals surface area contributed by atoms with Crippen molar-refractivity contribution in [1.82, 2.24) is 4.90 Å². The van der Waals surface area contributed by atoms with Gasteiger partial charge in [0.1, 0.15) is 42.3 Å². The van der Waals surface area contributed by atoms with Gasteiger partial charge in [0.25, 0.3) is 11.7 Å². The van der Waals surface area contributed by atoms with Crippen molar-refractivity contribution in [3.63, 3.8) is 0 Å². The average molecular weight is 984 g/mol. The predicted molar refractivity (Wildman–Crippen MR) is 265 cm³/mol. The minimum absolute atomic E-state index is 0.0190. The van der Waals surface area contributed by atoms with Crippen LogP contribution in [0, 0.1) is 35.5 Å². The number of cyclic esters (lactones) is 1. The molecule has 4 aliphatic rings. The molecule has 0 aromatic heterocycles. The molecule has 3 aliphatic heterocycles. The number of ketones is 2. The van der Waals surface area contributed by atoms with Crippen molar-refractivity contribution < 1.29 is 67.7 Å². The van der Waals surface area contributed by atoms with E-state index in [2.05, 4.69) is 26.5 Å². The fraction of sp³-hybridized carbons (Fsp3) is 0.727. The van der Waals surface area contributed by atoms with Crippen molar-refractivity contribution in [1.29, 1.82) is 0 Å². The SMILES string of the molecule is C=C1[C@H](C)C[C@H](C)/C=C/C=C/C=C(\C)[C@@H](OC)C[C@@H]2CC[C@@H](C)[C@@](O)(O2)C(=O)C(=O)N2CCCCC2C(=O)O[C@H]([C@H](C)C[C@@H]2CC[C@@H](OC(=O)C(C)O)[C@H](OC)C2)CC(=O)[C@H](C)/C=C(\C)[C@@H](O)[C@H]1OC. The number of esters is 2. The standard InChI is InChI=1S/C55H85NO14/c1-32-18-14-13-15-19-33(2)46(65-10)30-42-23-21-38(7)55(64,70-42)51(60)52(61)56-25-17-16-20-43(56)54(63)69-47(36(5)28-41-22-24-45(48(29-41)66-11)68-53(62)40(9)57)31-44(58)35(4)27-37(6)49(59)50(67-12)39(8)34(3)26-32/h13-15,18-19,27,32,34-36,38,40-43,45-50,57,59,64H,8,16-17,20-26,28-31H2,1-7,9-12H3/b15-13+,18-14+,33-19+,37-27+/t32-,34-,35-,36-,38-,40?,41+,42+,43?,45-,46+,47+,48-,49-,50+,55-/m1/s1. The van der Waals surface area contributed by atoms with E-state index in [4.69, 9.17) is 28.4 Å². The quantitative estimate of drug-likeness (QED) is 0.126. The molecule has 1 amide bonds. The van der Waals surface area contributed by atoms with E-state index < -0.39 is 96.1 Å². The van der Waals surface area contributed by atoms with Gasteiger partial charge in [-0.1, -0.05) is 77.7 Å². The molecule has 3 heterocycles. The second-order valence-electron chi connectivity index (χ2n) is 20.8. The molecule has 4 rings (SSSR count). The van der Waals surface area contributed by atoms with E-state index in [1.54, 1.807) is 34.0 Å². The van der Waals surface area contributed by atoms with E-state index in [-0.39, 0.29) is 48.8 Å². The number of aliphatic hydroxyl groups is 3. The van der Waals surface area contributed by atoms with Crippen LogP contribution in [0.5, 0.6) is 0 Å². The fourth-order valence-corrected chi connectivity index (χ4v) is 10.6. The Bertz CT molecular complexity index is 1920. The number of hydrogen-bond donors (Lipinski definition) is 3. The van der Waals surface area contributed by atoms with Crippen molar-refractivity contribution >= 4 is 29.4 Å². The van der Waals surface area contributed by atoms with Crippen molar-refractivity contribution in [2.75, 3.05) is 27.9 Å². The van der Waals surface area contributed by atoms with Gasteiger partial charge < -0.3 is 48.6 Å². The van der Waals surface area contributed by atoms with Crippen LogP contribution in [0.15, 0.2) is 59.8 Å². The maximum Gasteiger partial charge on any atom is 0.335 e. The van der Waals surface area contributed by atoms with Crippen molar-refractivity contribution in [2.45, 2.75) is 193 Å². The van der Waals surface area contributed by atoms with Gasteiger partial charge in [0.2, 0.25) is 5.79 Å². The summed E-state index contributed by atoms with van der Waals surface area (Å²) in [6, 6.07) is -1.16. The summed E-state index contributed by atoms with van der Waals surface area (Å²) in [7, 11) is 4.65. The minimum Gasteiger partial charge on any atom is -0.460 e. The Balaban J connectivity index is 1.70. The third-order valence-corrected chi connectivity index (χ3v) is 15.3. The first-order chi connectivity index (χ1) is 33.1. The zero-order valence-corrected chi connectivity index (χ0v) is 43.8. The highest BCUT2D eigenvalue weighted by atomic mass is 16.6. The first kappa shape index (κ1) is 58.7. The Morgan fingerprint density at radius 1 is 0.886 bits per heavy atom. The molecule has 2 unspecified atom stereocenters. The maximum atomic E-state index is 14.5. The molecule has 15 heteroatoms. The van der Waals surface area contributed by atoms with Crippen LogP contribution in [0.25, 0.3) is 0 Å². The van der Waals surface area contributed by atoms with Gasteiger partial charge in [-0.3, -0.25) is 14.4 Å². The number of rotatable bonds is 8. The summed E-state index contributed by atoms with van der Waals surface area (Å²) in [5, 5.41) is 33.4. The van der Waals surface area contributed by atoms with Crippen LogP contribution in [-0.2, 0) is 52.4 Å². The lowest BCUT2D eigenvalue weighted by molar-refractivity contribution is -0.265. The molecule has 15 nitrogen and oxygen atoms in total. The lowest BCUT2D eigenvalue weighted by Gasteiger charge is -2.42. The number of methoxy groups -OCH3 is 3. The second kappa shape index (κ2) is 27.3. The molecule has 394 valence electrons. The maximum absolute atomic E-state index is 14.5. The first-order valence-electron chi connectivity index (χ1n) is 25.6.